The summed E-state index contributed by atoms with van der Waals surface area (Å²) in [5.74, 6) is -0.00812. The van der Waals surface area contributed by atoms with Gasteiger partial charge < -0.3 is 15.4 Å². The first kappa shape index (κ1) is 12.3. The number of likely N-dealkylation sites (N-methyl/N-ethyl adjacent to an activating group) is 1. The largest absolute Gasteiger partial charge is 0.494 e. The van der Waals surface area contributed by atoms with Crippen LogP contribution in [0.25, 0.3) is 0 Å². The number of nitrogens with one attached hydrogen (secondary N) is 2. The van der Waals surface area contributed by atoms with Crippen LogP contribution in [0.15, 0.2) is 18.2 Å². The van der Waals surface area contributed by atoms with Crippen molar-refractivity contribution in [1.82, 2.24) is 10.6 Å². The Morgan fingerprint density at radius 2 is 2.35 bits per heavy atom. The van der Waals surface area contributed by atoms with Crippen molar-refractivity contribution in [2.45, 2.75) is 24.9 Å². The Morgan fingerprint density at radius 3 is 2.88 bits per heavy atom. The van der Waals surface area contributed by atoms with Gasteiger partial charge in [-0.1, -0.05) is 6.07 Å². The van der Waals surface area contributed by atoms with Crippen LogP contribution in [0, 0.1) is 5.82 Å². The van der Waals surface area contributed by atoms with Gasteiger partial charge >= 0.3 is 0 Å². The molecule has 0 spiro atoms. The average Bonchev–Trinajstić information content (AvgIpc) is 2.84. The van der Waals surface area contributed by atoms with E-state index in [4.69, 9.17) is 4.74 Å². The molecule has 1 saturated heterocycles. The van der Waals surface area contributed by atoms with E-state index in [-0.39, 0.29) is 11.9 Å². The van der Waals surface area contributed by atoms with Crippen molar-refractivity contribution in [3.05, 3.63) is 29.6 Å². The molecule has 1 aromatic rings. The zero-order valence-electron chi connectivity index (χ0n) is 10.3. The van der Waals surface area contributed by atoms with E-state index in [9.17, 15) is 4.39 Å². The molecule has 0 radical (unpaired) electrons. The van der Waals surface area contributed by atoms with E-state index in [2.05, 4.69) is 10.6 Å². The van der Waals surface area contributed by atoms with Crippen molar-refractivity contribution in [2.75, 3.05) is 20.7 Å². The molecule has 1 aliphatic heterocycles. The summed E-state index contributed by atoms with van der Waals surface area (Å²) in [6.07, 6.45) is 2.31. The summed E-state index contributed by atoms with van der Waals surface area (Å²) < 4.78 is 18.6. The summed E-state index contributed by atoms with van der Waals surface area (Å²) in [7, 11) is 3.39. The lowest BCUT2D eigenvalue weighted by molar-refractivity contribution is 0.383. The molecule has 17 heavy (non-hydrogen) atoms. The second-order valence-electron chi connectivity index (χ2n) is 4.36. The van der Waals surface area contributed by atoms with E-state index in [0.29, 0.717) is 11.8 Å². The molecule has 3 nitrogen and oxygen atoms in total. The molecule has 1 fully saturated rings. The third-order valence-corrected chi connectivity index (χ3v) is 3.35. The molecule has 1 heterocycles. The molecule has 0 aromatic heterocycles. The summed E-state index contributed by atoms with van der Waals surface area (Å²) in [4.78, 5) is 0. The summed E-state index contributed by atoms with van der Waals surface area (Å²) in [5, 5.41) is 6.69. The minimum absolute atomic E-state index is 0.151. The van der Waals surface area contributed by atoms with Gasteiger partial charge in [0.05, 0.1) is 7.11 Å². The Balaban J connectivity index is 2.21. The fraction of sp³-hybridized carbons (Fsp3) is 0.538. The molecule has 0 bridgehead atoms. The molecule has 4 heteroatoms. The van der Waals surface area contributed by atoms with Crippen LogP contribution in [0.3, 0.4) is 0 Å². The van der Waals surface area contributed by atoms with Crippen LogP contribution < -0.4 is 15.4 Å². The Kier molecular flexibility index (Phi) is 3.97. The maximum Gasteiger partial charge on any atom is 0.165 e. The minimum atomic E-state index is -0.303. The molecule has 1 aliphatic rings. The summed E-state index contributed by atoms with van der Waals surface area (Å²) >= 11 is 0. The van der Waals surface area contributed by atoms with Crippen molar-refractivity contribution in [3.63, 3.8) is 0 Å². The monoisotopic (exact) mass is 238 g/mol. The molecule has 2 atom stereocenters. The SMILES string of the molecule is CNC(c1ccc(OC)c(F)c1)C1CCCN1. The Hall–Kier alpha value is -1.13. The molecule has 2 N–H and O–H groups in total. The lowest BCUT2D eigenvalue weighted by Crippen LogP contribution is -2.36. The quantitative estimate of drug-likeness (QED) is 0.840. The Morgan fingerprint density at radius 1 is 1.53 bits per heavy atom. The molecule has 2 rings (SSSR count). The third-order valence-electron chi connectivity index (χ3n) is 3.35. The molecule has 2 unspecified atom stereocenters. The zero-order chi connectivity index (χ0) is 12.3. The minimum Gasteiger partial charge on any atom is -0.494 e. The maximum atomic E-state index is 13.7. The first-order valence-corrected chi connectivity index (χ1v) is 6.00. The first-order chi connectivity index (χ1) is 8.26. The number of rotatable bonds is 4. The number of hydrogen-bond donors (Lipinski definition) is 2. The van der Waals surface area contributed by atoms with Crippen molar-refractivity contribution in [1.29, 1.82) is 0 Å². The molecular formula is C13H19FN2O. The summed E-state index contributed by atoms with van der Waals surface area (Å²) in [6.45, 7) is 1.04. The highest BCUT2D eigenvalue weighted by molar-refractivity contribution is 5.31. The highest BCUT2D eigenvalue weighted by Crippen LogP contribution is 2.26. The standard InChI is InChI=1S/C13H19FN2O/c1-15-13(11-4-3-7-16-11)9-5-6-12(17-2)10(14)8-9/h5-6,8,11,13,15-16H,3-4,7H2,1-2H3. The van der Waals surface area contributed by atoms with Gasteiger partial charge in [-0.2, -0.15) is 0 Å². The van der Waals surface area contributed by atoms with Gasteiger partial charge in [0.2, 0.25) is 0 Å². The van der Waals surface area contributed by atoms with E-state index >= 15 is 0 Å². The predicted octanol–water partition coefficient (Wildman–Crippen LogP) is 1.85. The maximum absolute atomic E-state index is 13.7. The fourth-order valence-electron chi connectivity index (χ4n) is 2.47. The number of methoxy groups -OCH3 is 1. The van der Waals surface area contributed by atoms with Crippen molar-refractivity contribution in [3.8, 4) is 5.75 Å². The molecule has 1 aromatic carbocycles. The second-order valence-corrected chi connectivity index (χ2v) is 4.36. The van der Waals surface area contributed by atoms with Crippen molar-refractivity contribution < 1.29 is 9.13 Å². The molecular weight excluding hydrogens is 219 g/mol. The highest BCUT2D eigenvalue weighted by Gasteiger charge is 2.25. The van der Waals surface area contributed by atoms with Gasteiger partial charge in [-0.3, -0.25) is 0 Å². The number of hydrogen-bond acceptors (Lipinski definition) is 3. The predicted molar refractivity (Wildman–Crippen MR) is 65.8 cm³/mol. The van der Waals surface area contributed by atoms with E-state index in [1.54, 1.807) is 12.1 Å². The van der Waals surface area contributed by atoms with Crippen LogP contribution >= 0.6 is 0 Å². The van der Waals surface area contributed by atoms with E-state index in [0.717, 1.165) is 18.5 Å². The van der Waals surface area contributed by atoms with Crippen LogP contribution in [0.1, 0.15) is 24.4 Å². The van der Waals surface area contributed by atoms with E-state index in [1.165, 1.54) is 13.5 Å². The highest BCUT2D eigenvalue weighted by atomic mass is 19.1. The smallest absolute Gasteiger partial charge is 0.165 e. The van der Waals surface area contributed by atoms with Gasteiger partial charge in [0.1, 0.15) is 0 Å². The average molecular weight is 238 g/mol. The third kappa shape index (κ3) is 2.58. The van der Waals surface area contributed by atoms with Crippen LogP contribution in [0.5, 0.6) is 5.75 Å². The normalized spacial score (nSPS) is 21.5. The van der Waals surface area contributed by atoms with Gasteiger partial charge in [-0.05, 0) is 44.1 Å². The van der Waals surface area contributed by atoms with Crippen LogP contribution in [-0.4, -0.2) is 26.7 Å². The zero-order valence-corrected chi connectivity index (χ0v) is 10.3. The topological polar surface area (TPSA) is 33.3 Å². The van der Waals surface area contributed by atoms with Gasteiger partial charge in [0, 0.05) is 12.1 Å². The van der Waals surface area contributed by atoms with Crippen molar-refractivity contribution in [2.24, 2.45) is 0 Å². The summed E-state index contributed by atoms with van der Waals surface area (Å²) in [5.41, 5.74) is 0.963. The Bertz CT molecular complexity index is 378. The molecule has 0 saturated carbocycles. The van der Waals surface area contributed by atoms with E-state index < -0.39 is 0 Å². The second kappa shape index (κ2) is 5.47. The molecule has 94 valence electrons. The number of halogens is 1. The lowest BCUT2D eigenvalue weighted by atomic mass is 9.98. The van der Waals surface area contributed by atoms with Crippen LogP contribution in [0.4, 0.5) is 4.39 Å². The van der Waals surface area contributed by atoms with Crippen LogP contribution in [0.2, 0.25) is 0 Å². The molecule has 0 aliphatic carbocycles. The van der Waals surface area contributed by atoms with Crippen molar-refractivity contribution >= 4 is 0 Å². The van der Waals surface area contributed by atoms with Gasteiger partial charge in [-0.15, -0.1) is 0 Å². The first-order valence-electron chi connectivity index (χ1n) is 6.00. The summed E-state index contributed by atoms with van der Waals surface area (Å²) in [6, 6.07) is 5.69. The number of benzene rings is 1. The fourth-order valence-corrected chi connectivity index (χ4v) is 2.47. The lowest BCUT2D eigenvalue weighted by Gasteiger charge is -2.24. The van der Waals surface area contributed by atoms with E-state index in [1.807, 2.05) is 13.1 Å². The molecule has 0 amide bonds. The van der Waals surface area contributed by atoms with Gasteiger partial charge in [-0.25, -0.2) is 4.39 Å². The number of ether oxygens (including phenoxy) is 1. The van der Waals surface area contributed by atoms with Gasteiger partial charge in [0.15, 0.2) is 11.6 Å². The van der Waals surface area contributed by atoms with Crippen LogP contribution in [-0.2, 0) is 0 Å². The van der Waals surface area contributed by atoms with Gasteiger partial charge in [0.25, 0.3) is 0 Å². The Labute approximate surface area is 101 Å².